The van der Waals surface area contributed by atoms with Crippen LogP contribution < -0.4 is 0 Å². The molecule has 2 rings (SSSR count). The van der Waals surface area contributed by atoms with Crippen molar-refractivity contribution in [3.05, 3.63) is 0 Å². The first kappa shape index (κ1) is 15.3. The van der Waals surface area contributed by atoms with Crippen LogP contribution in [0.1, 0.15) is 46.5 Å². The van der Waals surface area contributed by atoms with E-state index in [2.05, 4.69) is 20.8 Å². The summed E-state index contributed by atoms with van der Waals surface area (Å²) in [6, 6.07) is 0. The van der Waals surface area contributed by atoms with Gasteiger partial charge in [0.05, 0.1) is 11.4 Å². The number of hydrogen-bond donors (Lipinski definition) is 0. The van der Waals surface area contributed by atoms with Gasteiger partial charge in [-0.15, -0.1) is 11.8 Å². The zero-order valence-corrected chi connectivity index (χ0v) is 13.2. The average molecular weight is 286 g/mol. The van der Waals surface area contributed by atoms with Gasteiger partial charge in [0.1, 0.15) is 5.78 Å². The lowest BCUT2D eigenvalue weighted by Crippen LogP contribution is -2.46. The van der Waals surface area contributed by atoms with Gasteiger partial charge < -0.3 is 9.47 Å². The molecule has 0 bridgehead atoms. The topological polar surface area (TPSA) is 35.5 Å². The summed E-state index contributed by atoms with van der Waals surface area (Å²) >= 11 is 1.76. The summed E-state index contributed by atoms with van der Waals surface area (Å²) in [4.78, 5) is 12.4. The summed E-state index contributed by atoms with van der Waals surface area (Å²) < 4.78 is 11.6. The number of thioether (sulfide) groups is 1. The molecular formula is C15H26O3S. The minimum absolute atomic E-state index is 0.0662. The fourth-order valence-electron chi connectivity index (χ4n) is 2.80. The molecule has 110 valence electrons. The smallest absolute Gasteiger partial charge is 0.146 e. The lowest BCUT2D eigenvalue weighted by molar-refractivity contribution is -0.155. The third-order valence-corrected chi connectivity index (χ3v) is 5.29. The lowest BCUT2D eigenvalue weighted by Gasteiger charge is -2.43. The van der Waals surface area contributed by atoms with Crippen molar-refractivity contribution >= 4 is 17.5 Å². The second-order valence-electron chi connectivity index (χ2n) is 6.70. The largest absolute Gasteiger partial charge is 0.381 e. The van der Waals surface area contributed by atoms with Crippen LogP contribution in [0.2, 0.25) is 0 Å². The van der Waals surface area contributed by atoms with Crippen LogP contribution in [0, 0.1) is 5.92 Å². The molecular weight excluding hydrogens is 260 g/mol. The van der Waals surface area contributed by atoms with E-state index in [0.29, 0.717) is 11.5 Å². The highest BCUT2D eigenvalue weighted by Gasteiger charge is 2.41. The van der Waals surface area contributed by atoms with Gasteiger partial charge in [-0.1, -0.05) is 20.8 Å². The quantitative estimate of drug-likeness (QED) is 0.799. The molecule has 2 fully saturated rings. The maximum atomic E-state index is 12.4. The zero-order chi connectivity index (χ0) is 13.9. The van der Waals surface area contributed by atoms with Crippen molar-refractivity contribution in [3.63, 3.8) is 0 Å². The van der Waals surface area contributed by atoms with Crippen molar-refractivity contribution in [1.82, 2.24) is 0 Å². The Morgan fingerprint density at radius 1 is 1.26 bits per heavy atom. The monoisotopic (exact) mass is 286 g/mol. The number of rotatable bonds is 3. The van der Waals surface area contributed by atoms with Gasteiger partial charge in [-0.3, -0.25) is 4.79 Å². The van der Waals surface area contributed by atoms with Gasteiger partial charge in [-0.05, 0) is 25.7 Å². The van der Waals surface area contributed by atoms with Crippen LogP contribution in [0.5, 0.6) is 0 Å². The third-order valence-electron chi connectivity index (χ3n) is 4.00. The highest BCUT2D eigenvalue weighted by atomic mass is 32.2. The summed E-state index contributed by atoms with van der Waals surface area (Å²) in [6.45, 7) is 8.77. The Morgan fingerprint density at radius 2 is 1.95 bits per heavy atom. The van der Waals surface area contributed by atoms with Gasteiger partial charge in [0.2, 0.25) is 0 Å². The number of hydrogen-bond acceptors (Lipinski definition) is 4. The zero-order valence-electron chi connectivity index (χ0n) is 12.4. The van der Waals surface area contributed by atoms with Crippen LogP contribution in [-0.4, -0.2) is 41.7 Å². The van der Waals surface area contributed by atoms with Crippen LogP contribution in [0.15, 0.2) is 0 Å². The molecule has 0 saturated carbocycles. The maximum absolute atomic E-state index is 12.4. The molecule has 2 aliphatic rings. The van der Waals surface area contributed by atoms with Gasteiger partial charge in [0.25, 0.3) is 0 Å². The normalized spacial score (nSPS) is 27.4. The molecule has 19 heavy (non-hydrogen) atoms. The van der Waals surface area contributed by atoms with E-state index in [-0.39, 0.29) is 16.3 Å². The van der Waals surface area contributed by atoms with Gasteiger partial charge in [-0.2, -0.15) is 0 Å². The lowest BCUT2D eigenvalue weighted by atomic mass is 9.79. The van der Waals surface area contributed by atoms with Crippen molar-refractivity contribution in [2.24, 2.45) is 5.92 Å². The third kappa shape index (κ3) is 4.47. The highest BCUT2D eigenvalue weighted by Crippen LogP contribution is 2.38. The molecule has 0 aliphatic carbocycles. The van der Waals surface area contributed by atoms with Crippen molar-refractivity contribution in [2.45, 2.75) is 56.8 Å². The molecule has 2 heterocycles. The molecule has 0 aromatic rings. The Kier molecular flexibility index (Phi) is 4.96. The number of ether oxygens (including phenoxy) is 2. The predicted molar refractivity (Wildman–Crippen MR) is 78.7 cm³/mol. The van der Waals surface area contributed by atoms with Gasteiger partial charge >= 0.3 is 0 Å². The minimum atomic E-state index is -0.0662. The van der Waals surface area contributed by atoms with E-state index >= 15 is 0 Å². The van der Waals surface area contributed by atoms with E-state index < -0.39 is 0 Å². The first-order valence-electron chi connectivity index (χ1n) is 7.29. The molecule has 3 nitrogen and oxygen atoms in total. The Balaban J connectivity index is 1.88. The Labute approximate surface area is 120 Å². The molecule has 0 radical (unpaired) electrons. The van der Waals surface area contributed by atoms with E-state index in [4.69, 9.17) is 9.47 Å². The molecule has 1 spiro atoms. The molecule has 0 aromatic heterocycles. The molecule has 2 aliphatic heterocycles. The van der Waals surface area contributed by atoms with Crippen LogP contribution in [0.3, 0.4) is 0 Å². The standard InChI is InChI=1S/C15H26O3S/c1-14(2,3)19-11-13(16)12-4-7-18-15(10-12)5-8-17-9-6-15/h12H,4-11H2,1-3H3. The number of Topliss-reactive ketones (excluding diaryl/α,β-unsaturated/α-hetero) is 1. The van der Waals surface area contributed by atoms with Crippen molar-refractivity contribution in [1.29, 1.82) is 0 Å². The summed E-state index contributed by atoms with van der Waals surface area (Å²) in [5.41, 5.74) is -0.0662. The fraction of sp³-hybridized carbons (Fsp3) is 0.933. The van der Waals surface area contributed by atoms with Crippen LogP contribution in [0.4, 0.5) is 0 Å². The first-order valence-corrected chi connectivity index (χ1v) is 8.27. The van der Waals surface area contributed by atoms with Crippen LogP contribution in [0.25, 0.3) is 0 Å². The SMILES string of the molecule is CC(C)(C)SCC(=O)C1CCOC2(CCOCC2)C1. The second kappa shape index (κ2) is 6.15. The highest BCUT2D eigenvalue weighted by molar-refractivity contribution is 8.01. The Bertz CT molecular complexity index is 310. The molecule has 4 heteroatoms. The van der Waals surface area contributed by atoms with Gasteiger partial charge in [0, 0.05) is 30.5 Å². The fourth-order valence-corrected chi connectivity index (χ4v) is 3.61. The van der Waals surface area contributed by atoms with E-state index in [1.54, 1.807) is 11.8 Å². The van der Waals surface area contributed by atoms with Crippen molar-refractivity contribution in [2.75, 3.05) is 25.6 Å². The maximum Gasteiger partial charge on any atom is 0.146 e. The number of carbonyl (C=O) groups is 1. The van der Waals surface area contributed by atoms with E-state index in [0.717, 1.165) is 45.5 Å². The molecule has 0 N–H and O–H groups in total. The summed E-state index contributed by atoms with van der Waals surface area (Å²) in [6.07, 6.45) is 3.69. The molecule has 2 saturated heterocycles. The summed E-state index contributed by atoms with van der Waals surface area (Å²) in [5.74, 6) is 1.25. The van der Waals surface area contributed by atoms with E-state index in [1.807, 2.05) is 0 Å². The number of ketones is 1. The van der Waals surface area contributed by atoms with Crippen molar-refractivity contribution < 1.29 is 14.3 Å². The molecule has 1 unspecified atom stereocenters. The van der Waals surface area contributed by atoms with E-state index in [9.17, 15) is 4.79 Å². The average Bonchev–Trinajstić information content (AvgIpc) is 2.36. The summed E-state index contributed by atoms with van der Waals surface area (Å²) in [5, 5.41) is 0. The first-order chi connectivity index (χ1) is 8.90. The van der Waals surface area contributed by atoms with Gasteiger partial charge in [0.15, 0.2) is 0 Å². The number of carbonyl (C=O) groups excluding carboxylic acids is 1. The Morgan fingerprint density at radius 3 is 2.58 bits per heavy atom. The van der Waals surface area contributed by atoms with Gasteiger partial charge in [-0.25, -0.2) is 0 Å². The summed E-state index contributed by atoms with van der Waals surface area (Å²) in [7, 11) is 0. The van der Waals surface area contributed by atoms with Crippen molar-refractivity contribution in [3.8, 4) is 0 Å². The predicted octanol–water partition coefficient (Wildman–Crippen LogP) is 3.06. The Hall–Kier alpha value is -0.0600. The van der Waals surface area contributed by atoms with Crippen LogP contribution in [-0.2, 0) is 14.3 Å². The van der Waals surface area contributed by atoms with Crippen LogP contribution >= 0.6 is 11.8 Å². The molecule has 0 amide bonds. The molecule has 1 atom stereocenters. The van der Waals surface area contributed by atoms with E-state index in [1.165, 1.54) is 0 Å². The second-order valence-corrected chi connectivity index (χ2v) is 8.50. The minimum Gasteiger partial charge on any atom is -0.381 e. The molecule has 0 aromatic carbocycles.